The molecule has 0 saturated heterocycles. The molecule has 35 heavy (non-hydrogen) atoms. The number of carboxylic acid groups (broad SMARTS) is 1. The number of sulfone groups is 1. The Morgan fingerprint density at radius 1 is 0.886 bits per heavy atom. The van der Waals surface area contributed by atoms with Crippen LogP contribution in [0, 0.1) is 0 Å². The Balaban J connectivity index is 1.99. The summed E-state index contributed by atoms with van der Waals surface area (Å²) in [6.45, 7) is 0.771. The zero-order chi connectivity index (χ0) is 25.6. The highest BCUT2D eigenvalue weighted by atomic mass is 32.2. The van der Waals surface area contributed by atoms with Crippen molar-refractivity contribution in [2.24, 2.45) is 0 Å². The maximum absolute atomic E-state index is 13.4. The number of carboxylic acids is 1. The third-order valence-corrected chi connectivity index (χ3v) is 6.56. The molecule has 3 rings (SSSR count). The second-order valence-corrected chi connectivity index (χ2v) is 10.2. The van der Waals surface area contributed by atoms with Crippen LogP contribution in [0.2, 0.25) is 0 Å². The Morgan fingerprint density at radius 2 is 1.40 bits per heavy atom. The SMILES string of the molecule is CS(=O)(=O)c1cc(C(=O)CCC(F)(F)C(=O)O)ccc1N(Cc1ccccc1)Cc1ccccc1. The number of benzene rings is 3. The number of halogens is 2. The Morgan fingerprint density at radius 3 is 1.86 bits per heavy atom. The summed E-state index contributed by atoms with van der Waals surface area (Å²) in [6, 6.07) is 23.0. The molecule has 1 N–H and O–H groups in total. The minimum Gasteiger partial charge on any atom is -0.477 e. The molecule has 9 heteroatoms. The smallest absolute Gasteiger partial charge is 0.374 e. The molecule has 0 aliphatic rings. The van der Waals surface area contributed by atoms with Crippen LogP contribution in [-0.4, -0.2) is 37.5 Å². The predicted molar refractivity (Wildman–Crippen MR) is 128 cm³/mol. The van der Waals surface area contributed by atoms with E-state index < -0.39 is 40.4 Å². The molecular formula is C26H25F2NO5S. The molecule has 0 saturated carbocycles. The lowest BCUT2D eigenvalue weighted by Gasteiger charge is -2.27. The highest BCUT2D eigenvalue weighted by Gasteiger charge is 2.38. The number of hydrogen-bond acceptors (Lipinski definition) is 5. The quantitative estimate of drug-likeness (QED) is 0.373. The lowest BCUT2D eigenvalue weighted by atomic mass is 10.0. The highest BCUT2D eigenvalue weighted by Crippen LogP contribution is 2.31. The molecule has 184 valence electrons. The van der Waals surface area contributed by atoms with E-state index in [9.17, 15) is 26.8 Å². The zero-order valence-corrected chi connectivity index (χ0v) is 19.8. The molecule has 0 heterocycles. The molecule has 3 aromatic rings. The van der Waals surface area contributed by atoms with E-state index >= 15 is 0 Å². The van der Waals surface area contributed by atoms with Gasteiger partial charge in [-0.15, -0.1) is 0 Å². The topological polar surface area (TPSA) is 91.8 Å². The van der Waals surface area contributed by atoms with Gasteiger partial charge in [0.25, 0.3) is 0 Å². The van der Waals surface area contributed by atoms with E-state index in [0.717, 1.165) is 17.4 Å². The summed E-state index contributed by atoms with van der Waals surface area (Å²) in [5.74, 6) is -7.12. The third kappa shape index (κ3) is 6.95. The number of Topliss-reactive ketones (excluding diaryl/α,β-unsaturated/α-hetero) is 1. The largest absolute Gasteiger partial charge is 0.477 e. The van der Waals surface area contributed by atoms with Crippen molar-refractivity contribution < 1.29 is 31.9 Å². The van der Waals surface area contributed by atoms with Gasteiger partial charge in [-0.3, -0.25) is 4.79 Å². The van der Waals surface area contributed by atoms with Crippen LogP contribution in [0.1, 0.15) is 34.3 Å². The van der Waals surface area contributed by atoms with Crippen LogP contribution < -0.4 is 4.90 Å². The van der Waals surface area contributed by atoms with Gasteiger partial charge in [0.15, 0.2) is 15.6 Å². The first-order chi connectivity index (χ1) is 16.5. The molecular weight excluding hydrogens is 476 g/mol. The molecule has 0 amide bonds. The van der Waals surface area contributed by atoms with E-state index in [-0.39, 0.29) is 10.5 Å². The van der Waals surface area contributed by atoms with Crippen molar-refractivity contribution >= 4 is 27.3 Å². The van der Waals surface area contributed by atoms with Gasteiger partial charge in [-0.05, 0) is 29.3 Å². The molecule has 0 atom stereocenters. The van der Waals surface area contributed by atoms with Gasteiger partial charge >= 0.3 is 11.9 Å². The highest BCUT2D eigenvalue weighted by molar-refractivity contribution is 7.90. The van der Waals surface area contributed by atoms with Crippen LogP contribution in [0.25, 0.3) is 0 Å². The van der Waals surface area contributed by atoms with Crippen LogP contribution >= 0.6 is 0 Å². The zero-order valence-electron chi connectivity index (χ0n) is 19.0. The summed E-state index contributed by atoms with van der Waals surface area (Å²) < 4.78 is 52.3. The van der Waals surface area contributed by atoms with Gasteiger partial charge in [-0.2, -0.15) is 8.78 Å². The van der Waals surface area contributed by atoms with Crippen molar-refractivity contribution in [1.82, 2.24) is 0 Å². The Hall–Kier alpha value is -3.59. The number of carbonyl (C=O) groups excluding carboxylic acids is 1. The van der Waals surface area contributed by atoms with Crippen molar-refractivity contribution in [3.8, 4) is 0 Å². The fourth-order valence-corrected chi connectivity index (χ4v) is 4.52. The molecule has 0 aromatic heterocycles. The minimum atomic E-state index is -4.04. The number of anilines is 1. The van der Waals surface area contributed by atoms with Gasteiger partial charge in [0.05, 0.1) is 10.6 Å². The number of ketones is 1. The lowest BCUT2D eigenvalue weighted by Crippen LogP contribution is -2.28. The number of nitrogens with zero attached hydrogens (tertiary/aromatic N) is 1. The van der Waals surface area contributed by atoms with Gasteiger partial charge in [-0.25, -0.2) is 13.2 Å². The normalized spacial score (nSPS) is 11.7. The van der Waals surface area contributed by atoms with Crippen molar-refractivity contribution in [3.05, 3.63) is 95.6 Å². The van der Waals surface area contributed by atoms with Crippen LogP contribution in [-0.2, 0) is 27.7 Å². The van der Waals surface area contributed by atoms with Crippen molar-refractivity contribution in [1.29, 1.82) is 0 Å². The molecule has 0 aliphatic heterocycles. The first-order valence-electron chi connectivity index (χ1n) is 10.8. The summed E-state index contributed by atoms with van der Waals surface area (Å²) in [6.07, 6.45) is -0.896. The second kappa shape index (κ2) is 10.8. The van der Waals surface area contributed by atoms with Crippen LogP contribution in [0.15, 0.2) is 83.8 Å². The van der Waals surface area contributed by atoms with E-state index in [2.05, 4.69) is 0 Å². The maximum Gasteiger partial charge on any atom is 0.374 e. The molecule has 0 radical (unpaired) electrons. The van der Waals surface area contributed by atoms with Crippen LogP contribution in [0.3, 0.4) is 0 Å². The number of hydrogen-bond donors (Lipinski definition) is 1. The first kappa shape index (κ1) is 26.0. The summed E-state index contributed by atoms with van der Waals surface area (Å²) in [5.41, 5.74) is 2.18. The molecule has 6 nitrogen and oxygen atoms in total. The fraction of sp³-hybridized carbons (Fsp3) is 0.231. The lowest BCUT2D eigenvalue weighted by molar-refractivity contribution is -0.165. The number of aliphatic carboxylic acids is 1. The van der Waals surface area contributed by atoms with Gasteiger partial charge in [-0.1, -0.05) is 60.7 Å². The molecule has 0 bridgehead atoms. The summed E-state index contributed by atoms with van der Waals surface area (Å²) >= 11 is 0. The van der Waals surface area contributed by atoms with Gasteiger partial charge < -0.3 is 10.0 Å². The van der Waals surface area contributed by atoms with E-state index in [1.54, 1.807) is 0 Å². The number of carbonyl (C=O) groups is 2. The monoisotopic (exact) mass is 501 g/mol. The van der Waals surface area contributed by atoms with E-state index in [4.69, 9.17) is 5.11 Å². The second-order valence-electron chi connectivity index (χ2n) is 8.21. The molecule has 3 aromatic carbocycles. The van der Waals surface area contributed by atoms with E-state index in [1.165, 1.54) is 18.2 Å². The average Bonchev–Trinajstić information content (AvgIpc) is 2.82. The van der Waals surface area contributed by atoms with Crippen molar-refractivity contribution in [2.75, 3.05) is 11.2 Å². The predicted octanol–water partition coefficient (Wildman–Crippen LogP) is 4.98. The molecule has 0 aliphatic carbocycles. The molecule has 0 fully saturated rings. The maximum atomic E-state index is 13.4. The van der Waals surface area contributed by atoms with E-state index in [1.807, 2.05) is 65.6 Å². The van der Waals surface area contributed by atoms with Gasteiger partial charge in [0, 0.05) is 37.8 Å². The number of alkyl halides is 2. The summed E-state index contributed by atoms with van der Waals surface area (Å²) in [7, 11) is -3.81. The van der Waals surface area contributed by atoms with Gasteiger partial charge in [0.1, 0.15) is 0 Å². The van der Waals surface area contributed by atoms with Crippen LogP contribution in [0.5, 0.6) is 0 Å². The Kier molecular flexibility index (Phi) is 8.01. The summed E-state index contributed by atoms with van der Waals surface area (Å²) in [4.78, 5) is 24.9. The summed E-state index contributed by atoms with van der Waals surface area (Å²) in [5, 5.41) is 8.57. The number of rotatable bonds is 11. The van der Waals surface area contributed by atoms with Gasteiger partial charge in [0.2, 0.25) is 0 Å². The minimum absolute atomic E-state index is 0.0743. The first-order valence-corrected chi connectivity index (χ1v) is 12.7. The van der Waals surface area contributed by atoms with Crippen molar-refractivity contribution in [3.63, 3.8) is 0 Å². The third-order valence-electron chi connectivity index (χ3n) is 5.43. The molecule has 0 unspecified atom stereocenters. The fourth-order valence-electron chi connectivity index (χ4n) is 3.60. The Bertz CT molecular complexity index is 1250. The van der Waals surface area contributed by atoms with Crippen molar-refractivity contribution in [2.45, 2.75) is 36.7 Å². The standard InChI is InChI=1S/C26H25F2NO5S/c1-35(33,34)24-16-21(23(30)14-15-26(27,28)25(31)32)12-13-22(24)29(17-19-8-4-2-5-9-19)18-20-10-6-3-7-11-20/h2-13,16H,14-15,17-18H2,1H3,(H,31,32). The average molecular weight is 502 g/mol. The van der Waals surface area contributed by atoms with Crippen LogP contribution in [0.4, 0.5) is 14.5 Å². The molecule has 0 spiro atoms. The van der Waals surface area contributed by atoms with E-state index in [0.29, 0.717) is 18.8 Å². The Labute approximate surface area is 202 Å².